The van der Waals surface area contributed by atoms with Crippen LogP contribution in [0.1, 0.15) is 36.6 Å². The first-order valence-electron chi connectivity index (χ1n) is 12.7. The molecule has 1 aliphatic rings. The number of phenols is 1. The second kappa shape index (κ2) is 11.6. The van der Waals surface area contributed by atoms with E-state index in [1.165, 1.54) is 29.1 Å². The van der Waals surface area contributed by atoms with Crippen LogP contribution in [0.3, 0.4) is 0 Å². The number of aromatic hydroxyl groups is 1. The van der Waals surface area contributed by atoms with Crippen LogP contribution < -0.4 is 24.4 Å². The van der Waals surface area contributed by atoms with E-state index in [0.29, 0.717) is 50.9 Å². The van der Waals surface area contributed by atoms with Gasteiger partial charge in [0.15, 0.2) is 16.3 Å². The highest BCUT2D eigenvalue weighted by atomic mass is 32.1. The Balaban J connectivity index is 1.55. The summed E-state index contributed by atoms with van der Waals surface area (Å²) in [7, 11) is 1.31. The van der Waals surface area contributed by atoms with Gasteiger partial charge in [0.05, 0.1) is 35.6 Å². The van der Waals surface area contributed by atoms with Gasteiger partial charge in [-0.2, -0.15) is 0 Å². The lowest BCUT2D eigenvalue weighted by molar-refractivity contribution is -0.136. The van der Waals surface area contributed by atoms with E-state index in [0.717, 1.165) is 11.1 Å². The molecule has 1 aromatic heterocycles. The Labute approximate surface area is 234 Å². The lowest BCUT2D eigenvalue weighted by Crippen LogP contribution is -2.39. The van der Waals surface area contributed by atoms with Crippen molar-refractivity contribution in [3.05, 3.63) is 120 Å². The Hall–Kier alpha value is -4.63. The fraction of sp³-hybridized carbons (Fsp3) is 0.194. The van der Waals surface area contributed by atoms with Crippen LogP contribution in [0.15, 0.2) is 93.9 Å². The van der Waals surface area contributed by atoms with Gasteiger partial charge in [0.25, 0.3) is 5.56 Å². The number of carbonyl (C=O) groups is 1. The molecule has 8 nitrogen and oxygen atoms in total. The Bertz CT molecular complexity index is 1750. The summed E-state index contributed by atoms with van der Waals surface area (Å²) >= 11 is 1.23. The first kappa shape index (κ1) is 27.0. The Kier molecular flexibility index (Phi) is 7.84. The minimum Gasteiger partial charge on any atom is -0.504 e. The Morgan fingerprint density at radius 1 is 1.07 bits per heavy atom. The number of hydrogen-bond acceptors (Lipinski definition) is 8. The molecule has 1 N–H and O–H groups in total. The second-order valence-electron chi connectivity index (χ2n) is 9.08. The van der Waals surface area contributed by atoms with Gasteiger partial charge in [-0.15, -0.1) is 0 Å². The molecule has 0 fully saturated rings. The van der Waals surface area contributed by atoms with E-state index in [9.17, 15) is 14.7 Å². The number of phenolic OH excluding ortho intramolecular Hbond substituents is 1. The number of hydrogen-bond donors (Lipinski definition) is 1. The molecule has 0 saturated carbocycles. The zero-order chi connectivity index (χ0) is 28.2. The fourth-order valence-electron chi connectivity index (χ4n) is 4.54. The minimum atomic E-state index is -0.729. The second-order valence-corrected chi connectivity index (χ2v) is 10.1. The molecule has 204 valence electrons. The van der Waals surface area contributed by atoms with Gasteiger partial charge in [-0.3, -0.25) is 9.36 Å². The quantitative estimate of drug-likeness (QED) is 0.328. The summed E-state index contributed by atoms with van der Waals surface area (Å²) in [4.78, 5) is 31.7. The highest BCUT2D eigenvalue weighted by Gasteiger charge is 2.33. The third-order valence-corrected chi connectivity index (χ3v) is 7.44. The van der Waals surface area contributed by atoms with Gasteiger partial charge in [0, 0.05) is 0 Å². The Morgan fingerprint density at radius 3 is 2.52 bits per heavy atom. The van der Waals surface area contributed by atoms with Crippen LogP contribution in [0.2, 0.25) is 0 Å². The fourth-order valence-corrected chi connectivity index (χ4v) is 5.58. The van der Waals surface area contributed by atoms with Gasteiger partial charge >= 0.3 is 5.97 Å². The van der Waals surface area contributed by atoms with Gasteiger partial charge in [-0.1, -0.05) is 59.9 Å². The van der Waals surface area contributed by atoms with Crippen molar-refractivity contribution in [3.63, 3.8) is 0 Å². The maximum atomic E-state index is 13.8. The molecule has 0 bridgehead atoms. The number of fused-ring (bicyclic) bond motifs is 1. The smallest absolute Gasteiger partial charge is 0.338 e. The number of esters is 1. The number of aromatic nitrogens is 1. The van der Waals surface area contributed by atoms with E-state index >= 15 is 0 Å². The van der Waals surface area contributed by atoms with Crippen LogP contribution >= 0.6 is 11.3 Å². The van der Waals surface area contributed by atoms with E-state index in [1.54, 1.807) is 25.1 Å². The average Bonchev–Trinajstić information content (AvgIpc) is 3.27. The summed E-state index contributed by atoms with van der Waals surface area (Å²) in [5.41, 5.74) is 2.94. The molecule has 1 atom stereocenters. The monoisotopic (exact) mass is 556 g/mol. The molecule has 40 heavy (non-hydrogen) atoms. The van der Waals surface area contributed by atoms with E-state index < -0.39 is 12.0 Å². The molecular weight excluding hydrogens is 528 g/mol. The predicted molar refractivity (Wildman–Crippen MR) is 152 cm³/mol. The summed E-state index contributed by atoms with van der Waals surface area (Å²) < 4.78 is 18.5. The number of allylic oxidation sites excluding steroid dienone is 1. The Morgan fingerprint density at radius 2 is 1.82 bits per heavy atom. The summed E-state index contributed by atoms with van der Waals surface area (Å²) in [6.45, 7) is 4.38. The lowest BCUT2D eigenvalue weighted by atomic mass is 9.96. The van der Waals surface area contributed by atoms with Crippen LogP contribution in [0.5, 0.6) is 17.2 Å². The number of methoxy groups -OCH3 is 1. The first-order chi connectivity index (χ1) is 19.4. The number of benzene rings is 3. The highest BCUT2D eigenvalue weighted by Crippen LogP contribution is 2.32. The van der Waals surface area contributed by atoms with Crippen molar-refractivity contribution in [1.82, 2.24) is 4.57 Å². The number of carbonyl (C=O) groups excluding carboxylic acids is 1. The summed E-state index contributed by atoms with van der Waals surface area (Å²) in [6, 6.07) is 21.4. The molecule has 4 aromatic rings. The van der Waals surface area contributed by atoms with Gasteiger partial charge in [0.2, 0.25) is 0 Å². The predicted octanol–water partition coefficient (Wildman–Crippen LogP) is 4.09. The zero-order valence-corrected chi connectivity index (χ0v) is 23.1. The summed E-state index contributed by atoms with van der Waals surface area (Å²) in [5.74, 6) is 0.470. The number of rotatable bonds is 8. The normalized spacial score (nSPS) is 14.9. The van der Waals surface area contributed by atoms with Crippen molar-refractivity contribution in [2.75, 3.05) is 13.7 Å². The molecule has 9 heteroatoms. The molecule has 0 saturated heterocycles. The van der Waals surface area contributed by atoms with Gasteiger partial charge in [-0.25, -0.2) is 9.79 Å². The lowest BCUT2D eigenvalue weighted by Gasteiger charge is -2.24. The maximum absolute atomic E-state index is 13.8. The summed E-state index contributed by atoms with van der Waals surface area (Å²) in [5, 5.41) is 10.0. The van der Waals surface area contributed by atoms with Crippen LogP contribution in [0.25, 0.3) is 6.08 Å². The minimum absolute atomic E-state index is 0.0231. The largest absolute Gasteiger partial charge is 0.504 e. The molecule has 1 aliphatic heterocycles. The molecule has 5 rings (SSSR count). The van der Waals surface area contributed by atoms with Crippen LogP contribution in [0.4, 0.5) is 0 Å². The van der Waals surface area contributed by atoms with Crippen molar-refractivity contribution in [1.29, 1.82) is 0 Å². The van der Waals surface area contributed by atoms with E-state index in [2.05, 4.69) is 4.99 Å². The van der Waals surface area contributed by atoms with Crippen molar-refractivity contribution >= 4 is 23.4 Å². The van der Waals surface area contributed by atoms with Crippen molar-refractivity contribution in [3.8, 4) is 17.2 Å². The van der Waals surface area contributed by atoms with Crippen molar-refractivity contribution in [2.24, 2.45) is 4.99 Å². The van der Waals surface area contributed by atoms with E-state index in [-0.39, 0.29) is 11.3 Å². The van der Waals surface area contributed by atoms with Crippen molar-refractivity contribution < 1.29 is 24.1 Å². The van der Waals surface area contributed by atoms with Gasteiger partial charge in [0.1, 0.15) is 12.4 Å². The van der Waals surface area contributed by atoms with Crippen LogP contribution in [-0.4, -0.2) is 29.4 Å². The number of nitrogens with zero attached hydrogens (tertiary/aromatic N) is 2. The standard InChI is InChI=1S/C31H28N2O6S/c1-4-38-25-16-21(10-15-24(25)34)17-26-29(35)33-28(27(30(36)37-3)19(2)32-31(33)40-26)22-11-13-23(14-12-22)39-18-20-8-6-5-7-9-20/h5-17,28,34H,4,18H2,1-3H3. The number of ether oxygens (including phenoxy) is 3. The van der Waals surface area contributed by atoms with Gasteiger partial charge < -0.3 is 19.3 Å². The molecule has 2 heterocycles. The summed E-state index contributed by atoms with van der Waals surface area (Å²) in [6.07, 6.45) is 1.72. The van der Waals surface area contributed by atoms with Crippen molar-refractivity contribution in [2.45, 2.75) is 26.5 Å². The molecule has 0 radical (unpaired) electrons. The molecule has 0 amide bonds. The molecule has 1 unspecified atom stereocenters. The van der Waals surface area contributed by atoms with E-state index in [1.807, 2.05) is 61.5 Å². The van der Waals surface area contributed by atoms with E-state index in [4.69, 9.17) is 14.2 Å². The zero-order valence-electron chi connectivity index (χ0n) is 22.3. The third kappa shape index (κ3) is 5.41. The maximum Gasteiger partial charge on any atom is 0.338 e. The first-order valence-corrected chi connectivity index (χ1v) is 13.5. The number of thiazole rings is 1. The molecule has 0 aliphatic carbocycles. The van der Waals surface area contributed by atoms with Gasteiger partial charge in [-0.05, 0) is 60.9 Å². The molecular formula is C31H28N2O6S. The van der Waals surface area contributed by atoms with Crippen LogP contribution in [0, 0.1) is 0 Å². The third-order valence-electron chi connectivity index (χ3n) is 6.45. The SMILES string of the molecule is CCOc1cc(C=c2sc3n(c2=O)C(c2ccc(OCc4ccccc4)cc2)C(C(=O)OC)=C(C)N=3)ccc1O. The topological polar surface area (TPSA) is 99.4 Å². The van der Waals surface area contributed by atoms with Crippen LogP contribution in [-0.2, 0) is 16.1 Å². The highest BCUT2D eigenvalue weighted by molar-refractivity contribution is 7.07. The average molecular weight is 557 g/mol. The molecule has 0 spiro atoms. The molecule has 3 aromatic carbocycles.